The van der Waals surface area contributed by atoms with E-state index in [-0.39, 0.29) is 17.1 Å². The summed E-state index contributed by atoms with van der Waals surface area (Å²) in [5.74, 6) is 0.316. The van der Waals surface area contributed by atoms with Crippen molar-refractivity contribution in [3.8, 4) is 11.4 Å². The molecule has 0 saturated carbocycles. The number of halogens is 3. The number of carbonyl (C=O) groups is 1. The number of pyridine rings is 1. The van der Waals surface area contributed by atoms with Crippen molar-refractivity contribution in [2.45, 2.75) is 31.7 Å². The fourth-order valence-electron chi connectivity index (χ4n) is 2.66. The van der Waals surface area contributed by atoms with Gasteiger partial charge in [-0.15, -0.1) is 5.10 Å². The first-order valence-corrected chi connectivity index (χ1v) is 8.95. The van der Waals surface area contributed by atoms with Crippen molar-refractivity contribution < 1.29 is 18.0 Å². The molecule has 27 heavy (non-hydrogen) atoms. The standard InChI is InChI=1S/C17H16F3N5OS/c1-10-7-13(11(2)25(10)9-17(18,19)20)14(26)8-27-16-22-15(23-24-16)12-3-5-21-6-4-12/h3-7H,8-9H2,1-2H3,(H,22,23,24). The molecule has 3 rings (SSSR count). The number of ketones is 1. The van der Waals surface area contributed by atoms with Gasteiger partial charge in [-0.05, 0) is 32.0 Å². The lowest BCUT2D eigenvalue weighted by molar-refractivity contribution is -0.141. The van der Waals surface area contributed by atoms with Crippen molar-refractivity contribution in [3.63, 3.8) is 0 Å². The van der Waals surface area contributed by atoms with Crippen molar-refractivity contribution in [1.82, 2.24) is 24.7 Å². The Hall–Kier alpha value is -2.62. The number of hydrogen-bond acceptors (Lipinski definition) is 5. The first-order chi connectivity index (χ1) is 12.7. The average Bonchev–Trinajstić information content (AvgIpc) is 3.20. The molecule has 3 aromatic rings. The Morgan fingerprint density at radius 3 is 2.63 bits per heavy atom. The number of aromatic nitrogens is 5. The molecule has 0 saturated heterocycles. The van der Waals surface area contributed by atoms with E-state index in [9.17, 15) is 18.0 Å². The lowest BCUT2D eigenvalue weighted by Gasteiger charge is -2.12. The molecule has 0 aliphatic heterocycles. The van der Waals surface area contributed by atoms with Crippen LogP contribution in [0.4, 0.5) is 13.2 Å². The fraction of sp³-hybridized carbons (Fsp3) is 0.294. The minimum absolute atomic E-state index is 0.0317. The second-order valence-corrected chi connectivity index (χ2v) is 6.84. The summed E-state index contributed by atoms with van der Waals surface area (Å²) in [4.78, 5) is 20.7. The van der Waals surface area contributed by atoms with E-state index in [1.165, 1.54) is 13.0 Å². The monoisotopic (exact) mass is 395 g/mol. The highest BCUT2D eigenvalue weighted by Gasteiger charge is 2.30. The van der Waals surface area contributed by atoms with Crippen LogP contribution in [0.15, 0.2) is 35.7 Å². The molecule has 0 amide bonds. The Balaban J connectivity index is 1.68. The molecule has 0 aliphatic carbocycles. The molecule has 0 radical (unpaired) electrons. The van der Waals surface area contributed by atoms with E-state index < -0.39 is 12.7 Å². The highest BCUT2D eigenvalue weighted by molar-refractivity contribution is 7.99. The molecule has 0 fully saturated rings. The summed E-state index contributed by atoms with van der Waals surface area (Å²) in [6, 6.07) is 5.04. The van der Waals surface area contributed by atoms with Crippen LogP contribution < -0.4 is 0 Å². The maximum Gasteiger partial charge on any atom is 0.406 e. The molecule has 142 valence electrons. The number of nitrogens with zero attached hydrogens (tertiary/aromatic N) is 4. The van der Waals surface area contributed by atoms with E-state index >= 15 is 0 Å². The van der Waals surface area contributed by atoms with Gasteiger partial charge in [-0.25, -0.2) is 4.98 Å². The molecule has 10 heteroatoms. The first kappa shape index (κ1) is 19.2. The second-order valence-electron chi connectivity index (χ2n) is 5.90. The Kier molecular flexibility index (Phi) is 5.36. The number of carbonyl (C=O) groups excluding carboxylic acids is 1. The second kappa shape index (κ2) is 7.55. The molecule has 3 heterocycles. The smallest absolute Gasteiger partial charge is 0.339 e. The third-order valence-corrected chi connectivity index (χ3v) is 4.81. The Morgan fingerprint density at radius 1 is 1.26 bits per heavy atom. The third-order valence-electron chi connectivity index (χ3n) is 3.96. The fourth-order valence-corrected chi connectivity index (χ4v) is 3.35. The Morgan fingerprint density at radius 2 is 1.96 bits per heavy atom. The first-order valence-electron chi connectivity index (χ1n) is 7.97. The number of alkyl halides is 3. The lowest BCUT2D eigenvalue weighted by atomic mass is 10.2. The number of H-pyrrole nitrogens is 1. The topological polar surface area (TPSA) is 76.5 Å². The number of aromatic amines is 1. The molecule has 0 aromatic carbocycles. The summed E-state index contributed by atoms with van der Waals surface area (Å²) in [7, 11) is 0. The number of thioether (sulfide) groups is 1. The van der Waals surface area contributed by atoms with Crippen LogP contribution in [-0.4, -0.2) is 42.4 Å². The normalized spacial score (nSPS) is 11.7. The predicted octanol–water partition coefficient (Wildman–Crippen LogP) is 3.82. The number of nitrogens with one attached hydrogen (secondary N) is 1. The molecule has 1 N–H and O–H groups in total. The van der Waals surface area contributed by atoms with Gasteiger partial charge in [-0.3, -0.25) is 14.9 Å². The zero-order valence-corrected chi connectivity index (χ0v) is 15.4. The highest BCUT2D eigenvalue weighted by atomic mass is 32.2. The molecule has 0 atom stereocenters. The maximum atomic E-state index is 12.7. The maximum absolute atomic E-state index is 12.7. The largest absolute Gasteiger partial charge is 0.406 e. The average molecular weight is 395 g/mol. The van der Waals surface area contributed by atoms with Gasteiger partial charge in [0, 0.05) is 34.9 Å². The minimum atomic E-state index is -4.34. The quantitative estimate of drug-likeness (QED) is 0.507. The third kappa shape index (κ3) is 4.57. The highest BCUT2D eigenvalue weighted by Crippen LogP contribution is 2.25. The van der Waals surface area contributed by atoms with Crippen LogP contribution in [0.25, 0.3) is 11.4 Å². The summed E-state index contributed by atoms with van der Waals surface area (Å²) in [6.45, 7) is 1.96. The van der Waals surface area contributed by atoms with Crippen LogP contribution in [0.5, 0.6) is 0 Å². The van der Waals surface area contributed by atoms with Crippen LogP contribution in [0, 0.1) is 13.8 Å². The van der Waals surface area contributed by atoms with Crippen molar-refractivity contribution >= 4 is 17.5 Å². The molecular formula is C17H16F3N5OS. The van der Waals surface area contributed by atoms with E-state index in [4.69, 9.17) is 0 Å². The molecule has 6 nitrogen and oxygen atoms in total. The number of hydrogen-bond donors (Lipinski definition) is 1. The van der Waals surface area contributed by atoms with Gasteiger partial charge >= 0.3 is 6.18 Å². The zero-order chi connectivity index (χ0) is 19.6. The Labute approximate surface area is 157 Å². The lowest BCUT2D eigenvalue weighted by Crippen LogP contribution is -2.19. The SMILES string of the molecule is Cc1cc(C(=O)CSc2n[nH]c(-c3ccncc3)n2)c(C)n1CC(F)(F)F. The van der Waals surface area contributed by atoms with Gasteiger partial charge in [0.1, 0.15) is 6.54 Å². The minimum Gasteiger partial charge on any atom is -0.339 e. The predicted molar refractivity (Wildman–Crippen MR) is 94.6 cm³/mol. The van der Waals surface area contributed by atoms with Gasteiger partial charge in [0.15, 0.2) is 11.6 Å². The summed E-state index contributed by atoms with van der Waals surface area (Å²) < 4.78 is 39.2. The van der Waals surface area contributed by atoms with Crippen molar-refractivity contribution in [3.05, 3.63) is 47.5 Å². The van der Waals surface area contributed by atoms with Crippen LogP contribution in [0.1, 0.15) is 21.7 Å². The van der Waals surface area contributed by atoms with Crippen molar-refractivity contribution in [2.24, 2.45) is 0 Å². The molecule has 0 spiro atoms. The van der Waals surface area contributed by atoms with Crippen LogP contribution >= 0.6 is 11.8 Å². The van der Waals surface area contributed by atoms with E-state index in [2.05, 4.69) is 20.2 Å². The van der Waals surface area contributed by atoms with Gasteiger partial charge in [-0.2, -0.15) is 13.2 Å². The van der Waals surface area contributed by atoms with Gasteiger partial charge in [0.2, 0.25) is 5.16 Å². The van der Waals surface area contributed by atoms with Crippen molar-refractivity contribution in [2.75, 3.05) is 5.75 Å². The summed E-state index contributed by atoms with van der Waals surface area (Å²) in [5, 5.41) is 7.23. The molecule has 0 unspecified atom stereocenters. The van der Waals surface area contributed by atoms with E-state index in [1.807, 2.05) is 0 Å². The zero-order valence-electron chi connectivity index (χ0n) is 14.5. The van der Waals surface area contributed by atoms with E-state index in [1.54, 1.807) is 31.5 Å². The Bertz CT molecular complexity index is 949. The van der Waals surface area contributed by atoms with Crippen LogP contribution in [0.2, 0.25) is 0 Å². The molecular weight excluding hydrogens is 379 g/mol. The number of Topliss-reactive ketones (excluding diaryl/α,β-unsaturated/α-hetero) is 1. The molecule has 0 aliphatic rings. The number of rotatable bonds is 6. The van der Waals surface area contributed by atoms with E-state index in [0.29, 0.717) is 22.4 Å². The van der Waals surface area contributed by atoms with Crippen LogP contribution in [-0.2, 0) is 6.54 Å². The van der Waals surface area contributed by atoms with Gasteiger partial charge < -0.3 is 4.57 Å². The summed E-state index contributed by atoms with van der Waals surface area (Å²) >= 11 is 1.13. The van der Waals surface area contributed by atoms with Gasteiger partial charge in [0.25, 0.3) is 0 Å². The van der Waals surface area contributed by atoms with Crippen LogP contribution in [0.3, 0.4) is 0 Å². The molecule has 3 aromatic heterocycles. The van der Waals surface area contributed by atoms with Gasteiger partial charge in [0.05, 0.1) is 5.75 Å². The summed E-state index contributed by atoms with van der Waals surface area (Å²) in [6.07, 6.45) is -1.08. The molecule has 0 bridgehead atoms. The number of aryl methyl sites for hydroxylation is 1. The van der Waals surface area contributed by atoms with E-state index in [0.717, 1.165) is 21.9 Å². The van der Waals surface area contributed by atoms with Gasteiger partial charge in [-0.1, -0.05) is 11.8 Å². The van der Waals surface area contributed by atoms with Crippen molar-refractivity contribution in [1.29, 1.82) is 0 Å². The summed E-state index contributed by atoms with van der Waals surface area (Å²) in [5.41, 5.74) is 1.81.